The molecule has 206 valence electrons. The zero-order valence-electron chi connectivity index (χ0n) is 23.4. The van der Waals surface area contributed by atoms with Gasteiger partial charge in [0.2, 0.25) is 0 Å². The molecule has 0 aliphatic carbocycles. The summed E-state index contributed by atoms with van der Waals surface area (Å²) in [6.45, 7) is 11.2. The molecule has 3 N–H and O–H groups in total. The van der Waals surface area contributed by atoms with Crippen LogP contribution in [0.15, 0.2) is 42.7 Å². The van der Waals surface area contributed by atoms with Crippen LogP contribution in [-0.2, 0) is 32.4 Å². The summed E-state index contributed by atoms with van der Waals surface area (Å²) in [7, 11) is 1.44. The average molecular weight is 533 g/mol. The number of carbonyl (C=O) groups excluding carboxylic acids is 1. The predicted molar refractivity (Wildman–Crippen MR) is 148 cm³/mol. The number of aryl methyl sites for hydroxylation is 2. The van der Waals surface area contributed by atoms with Crippen molar-refractivity contribution in [1.82, 2.24) is 20.1 Å². The van der Waals surface area contributed by atoms with E-state index in [-0.39, 0.29) is 35.1 Å². The van der Waals surface area contributed by atoms with E-state index in [9.17, 15) is 4.79 Å². The summed E-state index contributed by atoms with van der Waals surface area (Å²) >= 11 is 0. The Kier molecular flexibility index (Phi) is 7.28. The van der Waals surface area contributed by atoms with Crippen molar-refractivity contribution in [2.45, 2.75) is 64.6 Å². The first-order valence-electron chi connectivity index (χ1n) is 13.1. The Bertz CT molecular complexity index is 1340. The van der Waals surface area contributed by atoms with E-state index >= 15 is 0 Å². The third kappa shape index (κ3) is 5.58. The van der Waals surface area contributed by atoms with E-state index in [0.717, 1.165) is 27.8 Å². The minimum Gasteiger partial charge on any atom is -0.399 e. The number of aromatic nitrogens is 3. The van der Waals surface area contributed by atoms with E-state index in [1.54, 1.807) is 16.9 Å². The van der Waals surface area contributed by atoms with Gasteiger partial charge in [-0.3, -0.25) is 9.48 Å². The molecular formula is C28H36BN5O5. The minimum absolute atomic E-state index is 0.163. The maximum Gasteiger partial charge on any atom is 0.494 e. The van der Waals surface area contributed by atoms with Gasteiger partial charge in [0.25, 0.3) is 5.91 Å². The van der Waals surface area contributed by atoms with Crippen molar-refractivity contribution < 1.29 is 23.6 Å². The molecule has 2 aliphatic heterocycles. The number of nitrogens with one attached hydrogen (secondary N) is 1. The van der Waals surface area contributed by atoms with Crippen LogP contribution in [0.25, 0.3) is 11.1 Å². The minimum atomic E-state index is -0.407. The molecule has 11 heteroatoms. The molecule has 2 saturated heterocycles. The first-order chi connectivity index (χ1) is 18.4. The second kappa shape index (κ2) is 10.4. The second-order valence-corrected chi connectivity index (χ2v) is 11.3. The first kappa shape index (κ1) is 27.3. The maximum atomic E-state index is 13.2. The van der Waals surface area contributed by atoms with Crippen LogP contribution in [0, 0.1) is 6.92 Å². The van der Waals surface area contributed by atoms with Gasteiger partial charge in [0, 0.05) is 30.6 Å². The molecule has 10 nitrogen and oxygen atoms in total. The highest BCUT2D eigenvalue weighted by Crippen LogP contribution is 2.36. The molecule has 2 aromatic heterocycles. The van der Waals surface area contributed by atoms with Crippen LogP contribution in [0.2, 0.25) is 0 Å². The van der Waals surface area contributed by atoms with E-state index in [0.29, 0.717) is 25.4 Å². The number of anilines is 1. The standard InChI is InChI=1S/C28H36BN5O5/c1-17-22(13-34(6)33-17)19-11-21(25(30)31-12-19)26(35)32-23-15-36-16-24(23)37-14-18-7-9-20(10-8-18)29-38-27(2,3)28(4,5)39-29/h7-13,23-24H,14-16H2,1-6H3,(H2,30,31)(H,32,35)/t23-,24-/m0/s1. The average Bonchev–Trinajstić information content (AvgIpc) is 3.52. The van der Waals surface area contributed by atoms with Crippen molar-refractivity contribution in [2.75, 3.05) is 18.9 Å². The lowest BCUT2D eigenvalue weighted by Gasteiger charge is -2.32. The Hall–Kier alpha value is -3.25. The van der Waals surface area contributed by atoms with E-state index in [4.69, 9.17) is 24.5 Å². The quantitative estimate of drug-likeness (QED) is 0.444. The summed E-state index contributed by atoms with van der Waals surface area (Å²) in [5.74, 6) is -0.157. The van der Waals surface area contributed by atoms with E-state index in [1.165, 1.54) is 0 Å². The van der Waals surface area contributed by atoms with Crippen molar-refractivity contribution in [2.24, 2.45) is 7.05 Å². The number of hydrogen-bond acceptors (Lipinski definition) is 8. The molecule has 39 heavy (non-hydrogen) atoms. The zero-order valence-corrected chi connectivity index (χ0v) is 23.4. The number of amides is 1. The largest absolute Gasteiger partial charge is 0.494 e. The topological polar surface area (TPSA) is 123 Å². The van der Waals surface area contributed by atoms with Crippen LogP contribution in [-0.4, -0.2) is 64.4 Å². The summed E-state index contributed by atoms with van der Waals surface area (Å²) in [5.41, 5.74) is 10.1. The molecule has 2 fully saturated rings. The molecular weight excluding hydrogens is 497 g/mol. The molecule has 4 heterocycles. The van der Waals surface area contributed by atoms with Gasteiger partial charge in [-0.25, -0.2) is 4.98 Å². The molecule has 5 rings (SSSR count). The number of carbonyl (C=O) groups is 1. The second-order valence-electron chi connectivity index (χ2n) is 11.3. The Morgan fingerprint density at radius 1 is 1.18 bits per heavy atom. The molecule has 3 aromatic rings. The van der Waals surface area contributed by atoms with E-state index in [2.05, 4.69) is 15.4 Å². The van der Waals surface area contributed by atoms with Gasteiger partial charge in [0.1, 0.15) is 11.9 Å². The summed E-state index contributed by atoms with van der Waals surface area (Å²) in [4.78, 5) is 17.4. The Morgan fingerprint density at radius 3 is 2.51 bits per heavy atom. The van der Waals surface area contributed by atoms with Crippen molar-refractivity contribution in [3.63, 3.8) is 0 Å². The Balaban J connectivity index is 1.20. The van der Waals surface area contributed by atoms with E-state index < -0.39 is 7.12 Å². The van der Waals surface area contributed by atoms with Gasteiger partial charge in [-0.1, -0.05) is 24.3 Å². The molecule has 0 spiro atoms. The normalized spacial score (nSPS) is 21.8. The molecule has 1 aromatic carbocycles. The molecule has 2 atom stereocenters. The van der Waals surface area contributed by atoms with Crippen LogP contribution in [0.3, 0.4) is 0 Å². The number of rotatable bonds is 7. The summed E-state index contributed by atoms with van der Waals surface area (Å²) in [6.07, 6.45) is 3.24. The highest BCUT2D eigenvalue weighted by molar-refractivity contribution is 6.62. The van der Waals surface area contributed by atoms with Crippen LogP contribution in [0.1, 0.15) is 49.3 Å². The third-order valence-corrected chi connectivity index (χ3v) is 7.80. The molecule has 0 unspecified atom stereocenters. The fraction of sp³-hybridized carbons (Fsp3) is 0.464. The van der Waals surface area contributed by atoms with Gasteiger partial charge in [0.15, 0.2) is 0 Å². The van der Waals surface area contributed by atoms with Crippen LogP contribution in [0.4, 0.5) is 5.82 Å². The lowest BCUT2D eigenvalue weighted by molar-refractivity contribution is 0.00578. The van der Waals surface area contributed by atoms with Crippen LogP contribution in [0.5, 0.6) is 0 Å². The number of hydrogen-bond donors (Lipinski definition) is 2. The van der Waals surface area contributed by atoms with Gasteiger partial charge in [-0.2, -0.15) is 5.10 Å². The Morgan fingerprint density at radius 2 is 1.87 bits per heavy atom. The number of nitrogens with zero attached hydrogens (tertiary/aromatic N) is 3. The molecule has 0 bridgehead atoms. The highest BCUT2D eigenvalue weighted by atomic mass is 16.7. The number of nitrogens with two attached hydrogens (primary N) is 1. The van der Waals surface area contributed by atoms with Crippen LogP contribution >= 0.6 is 0 Å². The number of ether oxygens (including phenoxy) is 2. The summed E-state index contributed by atoms with van der Waals surface area (Å²) in [6, 6.07) is 9.43. The van der Waals surface area contributed by atoms with E-state index in [1.807, 2.05) is 72.1 Å². The number of benzene rings is 1. The lowest BCUT2D eigenvalue weighted by atomic mass is 9.79. The zero-order chi connectivity index (χ0) is 27.9. The van der Waals surface area contributed by atoms with Gasteiger partial charge >= 0.3 is 7.12 Å². The number of nitrogen functional groups attached to an aromatic ring is 1. The Labute approximate surface area is 229 Å². The molecule has 2 aliphatic rings. The lowest BCUT2D eigenvalue weighted by Crippen LogP contribution is -2.44. The van der Waals surface area contributed by atoms with Gasteiger partial charge < -0.3 is 29.8 Å². The fourth-order valence-electron chi connectivity index (χ4n) is 4.72. The SMILES string of the molecule is Cc1nn(C)cc1-c1cnc(N)c(C(=O)N[C@H]2COC[C@@H]2OCc2ccc(B3OC(C)(C)C(C)(C)O3)cc2)c1. The van der Waals surface area contributed by atoms with Crippen molar-refractivity contribution in [3.05, 3.63) is 59.5 Å². The van der Waals surface area contributed by atoms with Crippen molar-refractivity contribution in [1.29, 1.82) is 0 Å². The van der Waals surface area contributed by atoms with Gasteiger partial charge in [-0.15, -0.1) is 0 Å². The highest BCUT2D eigenvalue weighted by Gasteiger charge is 2.51. The van der Waals surface area contributed by atoms with Gasteiger partial charge in [-0.05, 0) is 51.7 Å². The summed E-state index contributed by atoms with van der Waals surface area (Å²) in [5, 5.41) is 7.39. The smallest absolute Gasteiger partial charge is 0.399 e. The monoisotopic (exact) mass is 533 g/mol. The molecule has 0 radical (unpaired) electrons. The number of pyridine rings is 1. The molecule has 0 saturated carbocycles. The third-order valence-electron chi connectivity index (χ3n) is 7.80. The van der Waals surface area contributed by atoms with Crippen molar-refractivity contribution >= 4 is 24.3 Å². The van der Waals surface area contributed by atoms with Gasteiger partial charge in [0.05, 0.1) is 48.3 Å². The molecule has 1 amide bonds. The summed E-state index contributed by atoms with van der Waals surface area (Å²) < 4.78 is 25.8. The predicted octanol–water partition coefficient (Wildman–Crippen LogP) is 2.39. The fourth-order valence-corrected chi connectivity index (χ4v) is 4.72. The van der Waals surface area contributed by atoms with Crippen molar-refractivity contribution in [3.8, 4) is 11.1 Å². The first-order valence-corrected chi connectivity index (χ1v) is 13.1. The maximum absolute atomic E-state index is 13.2. The van der Waals surface area contributed by atoms with Crippen LogP contribution < -0.4 is 16.5 Å².